The number of nitrogens with zero attached hydrogens (tertiary/aromatic N) is 2. The molecule has 1 aromatic heterocycles. The molecule has 0 aliphatic rings. The average molecular weight is 376 g/mol. The third-order valence-electron chi connectivity index (χ3n) is 4.42. The SMILES string of the molecule is COc1ccc(-n2c(C)cc(/C=N\NC(=O)CNc3ccccc3)c2C)cc1. The predicted molar refractivity (Wildman–Crippen MR) is 112 cm³/mol. The van der Waals surface area contributed by atoms with Crippen LogP contribution in [0.5, 0.6) is 5.75 Å². The van der Waals surface area contributed by atoms with Gasteiger partial charge in [0.15, 0.2) is 0 Å². The number of nitrogens with one attached hydrogen (secondary N) is 2. The van der Waals surface area contributed by atoms with Gasteiger partial charge >= 0.3 is 0 Å². The van der Waals surface area contributed by atoms with Crippen LogP contribution in [0.15, 0.2) is 65.8 Å². The highest BCUT2D eigenvalue weighted by Crippen LogP contribution is 2.21. The van der Waals surface area contributed by atoms with Gasteiger partial charge in [-0.2, -0.15) is 5.10 Å². The summed E-state index contributed by atoms with van der Waals surface area (Å²) in [7, 11) is 1.65. The van der Waals surface area contributed by atoms with Crippen molar-refractivity contribution in [2.24, 2.45) is 5.10 Å². The number of anilines is 1. The molecule has 0 bridgehead atoms. The number of rotatable bonds is 7. The van der Waals surface area contributed by atoms with Crippen molar-refractivity contribution < 1.29 is 9.53 Å². The second-order valence-corrected chi connectivity index (χ2v) is 6.37. The zero-order valence-electron chi connectivity index (χ0n) is 16.3. The van der Waals surface area contributed by atoms with Crippen molar-refractivity contribution in [1.82, 2.24) is 9.99 Å². The van der Waals surface area contributed by atoms with Gasteiger partial charge in [-0.05, 0) is 56.3 Å². The fourth-order valence-corrected chi connectivity index (χ4v) is 3.00. The van der Waals surface area contributed by atoms with E-state index in [0.29, 0.717) is 0 Å². The fraction of sp³-hybridized carbons (Fsp3) is 0.182. The number of para-hydroxylation sites is 1. The number of aryl methyl sites for hydroxylation is 1. The van der Waals surface area contributed by atoms with Gasteiger partial charge in [-0.15, -0.1) is 0 Å². The number of methoxy groups -OCH3 is 1. The molecule has 0 fully saturated rings. The minimum atomic E-state index is -0.205. The largest absolute Gasteiger partial charge is 0.497 e. The van der Waals surface area contributed by atoms with E-state index in [1.807, 2.05) is 74.5 Å². The molecule has 144 valence electrons. The fourth-order valence-electron chi connectivity index (χ4n) is 3.00. The Kier molecular flexibility index (Phi) is 6.11. The molecule has 0 atom stereocenters. The zero-order chi connectivity index (χ0) is 19.9. The zero-order valence-corrected chi connectivity index (χ0v) is 16.3. The first kappa shape index (κ1) is 19.2. The molecule has 1 amide bonds. The van der Waals surface area contributed by atoms with E-state index in [4.69, 9.17) is 4.74 Å². The molecule has 1 heterocycles. The maximum atomic E-state index is 11.9. The van der Waals surface area contributed by atoms with Crippen LogP contribution < -0.4 is 15.5 Å². The quantitative estimate of drug-likeness (QED) is 0.488. The number of benzene rings is 2. The van der Waals surface area contributed by atoms with Crippen LogP contribution in [-0.4, -0.2) is 30.3 Å². The van der Waals surface area contributed by atoms with E-state index in [0.717, 1.165) is 34.1 Å². The Morgan fingerprint density at radius 3 is 2.50 bits per heavy atom. The van der Waals surface area contributed by atoms with Gasteiger partial charge in [0.2, 0.25) is 0 Å². The lowest BCUT2D eigenvalue weighted by molar-refractivity contribution is -0.119. The normalized spacial score (nSPS) is 10.8. The Labute approximate surface area is 164 Å². The third kappa shape index (κ3) is 4.59. The molecular weight excluding hydrogens is 352 g/mol. The Hall–Kier alpha value is -3.54. The molecule has 6 nitrogen and oxygen atoms in total. The van der Waals surface area contributed by atoms with Crippen molar-refractivity contribution in [2.75, 3.05) is 19.0 Å². The standard InChI is InChI=1S/C22H24N4O2/c1-16-13-18(17(2)26(16)20-9-11-21(28-3)12-10-20)14-24-25-22(27)15-23-19-7-5-4-6-8-19/h4-14,23H,15H2,1-3H3,(H,25,27)/b24-14-. The summed E-state index contributed by atoms with van der Waals surface area (Å²) in [5, 5.41) is 7.14. The molecule has 0 aliphatic heterocycles. The van der Waals surface area contributed by atoms with Crippen LogP contribution in [0, 0.1) is 13.8 Å². The van der Waals surface area contributed by atoms with Gasteiger partial charge in [0.05, 0.1) is 19.9 Å². The lowest BCUT2D eigenvalue weighted by Crippen LogP contribution is -2.25. The van der Waals surface area contributed by atoms with Crippen molar-refractivity contribution in [3.05, 3.63) is 77.6 Å². The van der Waals surface area contributed by atoms with Crippen molar-refractivity contribution >= 4 is 17.8 Å². The van der Waals surface area contributed by atoms with Crippen LogP contribution in [-0.2, 0) is 4.79 Å². The third-order valence-corrected chi connectivity index (χ3v) is 4.42. The van der Waals surface area contributed by atoms with Gasteiger partial charge in [-0.1, -0.05) is 18.2 Å². The van der Waals surface area contributed by atoms with Crippen LogP contribution in [0.4, 0.5) is 5.69 Å². The van der Waals surface area contributed by atoms with E-state index in [9.17, 15) is 4.79 Å². The number of ether oxygens (including phenoxy) is 1. The summed E-state index contributed by atoms with van der Waals surface area (Å²) in [6, 6.07) is 19.5. The molecule has 0 spiro atoms. The van der Waals surface area contributed by atoms with Gasteiger partial charge in [0, 0.05) is 28.3 Å². The van der Waals surface area contributed by atoms with Crippen LogP contribution in [0.1, 0.15) is 17.0 Å². The van der Waals surface area contributed by atoms with Crippen LogP contribution in [0.25, 0.3) is 5.69 Å². The summed E-state index contributed by atoms with van der Waals surface area (Å²) in [4.78, 5) is 11.9. The highest BCUT2D eigenvalue weighted by Gasteiger charge is 2.09. The summed E-state index contributed by atoms with van der Waals surface area (Å²) in [5.41, 5.74) is 7.57. The Morgan fingerprint density at radius 2 is 1.82 bits per heavy atom. The molecule has 28 heavy (non-hydrogen) atoms. The van der Waals surface area contributed by atoms with Gasteiger partial charge in [-0.25, -0.2) is 5.43 Å². The van der Waals surface area contributed by atoms with E-state index in [-0.39, 0.29) is 12.5 Å². The minimum absolute atomic E-state index is 0.159. The van der Waals surface area contributed by atoms with E-state index < -0.39 is 0 Å². The molecule has 0 saturated heterocycles. The Balaban J connectivity index is 1.63. The molecular formula is C22H24N4O2. The molecule has 3 rings (SSSR count). The number of hydrogen-bond acceptors (Lipinski definition) is 4. The maximum absolute atomic E-state index is 11.9. The highest BCUT2D eigenvalue weighted by atomic mass is 16.5. The summed E-state index contributed by atoms with van der Waals surface area (Å²) in [6.45, 7) is 4.22. The van der Waals surface area contributed by atoms with E-state index >= 15 is 0 Å². The van der Waals surface area contributed by atoms with Gasteiger partial charge < -0.3 is 14.6 Å². The first-order chi connectivity index (χ1) is 13.6. The van der Waals surface area contributed by atoms with E-state index in [2.05, 4.69) is 20.4 Å². The van der Waals surface area contributed by atoms with Crippen molar-refractivity contribution in [1.29, 1.82) is 0 Å². The number of carbonyl (C=O) groups is 1. The number of hydrogen-bond donors (Lipinski definition) is 2. The van der Waals surface area contributed by atoms with Crippen molar-refractivity contribution in [3.8, 4) is 11.4 Å². The van der Waals surface area contributed by atoms with Gasteiger partial charge in [0.25, 0.3) is 5.91 Å². The molecule has 2 N–H and O–H groups in total. The second kappa shape index (κ2) is 8.90. The average Bonchev–Trinajstić information content (AvgIpc) is 3.00. The summed E-state index contributed by atoms with van der Waals surface area (Å²) in [6.07, 6.45) is 1.67. The Bertz CT molecular complexity index is 960. The second-order valence-electron chi connectivity index (χ2n) is 6.37. The summed E-state index contributed by atoms with van der Waals surface area (Å²) in [5.74, 6) is 0.615. The molecule has 3 aromatic rings. The first-order valence-corrected chi connectivity index (χ1v) is 9.02. The van der Waals surface area contributed by atoms with Crippen molar-refractivity contribution in [3.63, 3.8) is 0 Å². The highest BCUT2D eigenvalue weighted by molar-refractivity contribution is 5.85. The van der Waals surface area contributed by atoms with E-state index in [1.54, 1.807) is 13.3 Å². The van der Waals surface area contributed by atoms with Crippen LogP contribution in [0.2, 0.25) is 0 Å². The molecule has 2 aromatic carbocycles. The minimum Gasteiger partial charge on any atom is -0.497 e. The Morgan fingerprint density at radius 1 is 1.11 bits per heavy atom. The molecule has 0 saturated carbocycles. The number of amides is 1. The molecule has 6 heteroatoms. The van der Waals surface area contributed by atoms with Gasteiger partial charge in [-0.3, -0.25) is 4.79 Å². The maximum Gasteiger partial charge on any atom is 0.259 e. The molecule has 0 unspecified atom stereocenters. The van der Waals surface area contributed by atoms with Crippen LogP contribution >= 0.6 is 0 Å². The molecule has 0 radical (unpaired) electrons. The number of carbonyl (C=O) groups excluding carboxylic acids is 1. The lowest BCUT2D eigenvalue weighted by atomic mass is 10.2. The van der Waals surface area contributed by atoms with E-state index in [1.165, 1.54) is 0 Å². The number of aromatic nitrogens is 1. The summed E-state index contributed by atoms with van der Waals surface area (Å²) < 4.78 is 7.36. The monoisotopic (exact) mass is 376 g/mol. The predicted octanol–water partition coefficient (Wildman–Crippen LogP) is 3.66. The lowest BCUT2D eigenvalue weighted by Gasteiger charge is -2.10. The topological polar surface area (TPSA) is 67.6 Å². The van der Waals surface area contributed by atoms with Crippen molar-refractivity contribution in [2.45, 2.75) is 13.8 Å². The smallest absolute Gasteiger partial charge is 0.259 e. The van der Waals surface area contributed by atoms with Gasteiger partial charge in [0.1, 0.15) is 5.75 Å². The summed E-state index contributed by atoms with van der Waals surface area (Å²) >= 11 is 0. The number of hydrazone groups is 1. The first-order valence-electron chi connectivity index (χ1n) is 9.02. The van der Waals surface area contributed by atoms with Crippen LogP contribution in [0.3, 0.4) is 0 Å². The molecule has 0 aliphatic carbocycles.